The van der Waals surface area contributed by atoms with Gasteiger partial charge in [0.2, 0.25) is 6.79 Å². The second-order valence-electron chi connectivity index (χ2n) is 8.64. The molecule has 2 saturated heterocycles. The Hall–Kier alpha value is -3.56. The second kappa shape index (κ2) is 9.97. The number of morpholine rings is 1. The minimum atomic E-state index is -0.736. The summed E-state index contributed by atoms with van der Waals surface area (Å²) in [4.78, 5) is 30.3. The fourth-order valence-electron chi connectivity index (χ4n) is 4.76. The van der Waals surface area contributed by atoms with Crippen molar-refractivity contribution < 1.29 is 33.6 Å². The Labute approximate surface area is 203 Å². The molecule has 0 radical (unpaired) electrons. The number of carbonyl (C=O) groups is 2. The number of rotatable bonds is 7. The van der Waals surface area contributed by atoms with Crippen LogP contribution in [0.4, 0.5) is 0 Å². The average molecular weight is 481 g/mol. The van der Waals surface area contributed by atoms with Crippen LogP contribution in [0, 0.1) is 0 Å². The van der Waals surface area contributed by atoms with Crippen molar-refractivity contribution >= 4 is 17.4 Å². The molecular formula is C26H28N2O7. The number of likely N-dealkylation sites (tertiary alicyclic amines) is 1. The van der Waals surface area contributed by atoms with Crippen molar-refractivity contribution in [3.8, 4) is 17.2 Å². The molecule has 2 aromatic rings. The molecule has 0 unspecified atom stereocenters. The van der Waals surface area contributed by atoms with Crippen LogP contribution in [0.5, 0.6) is 17.2 Å². The number of nitrogens with zero attached hydrogens (tertiary/aromatic N) is 2. The number of hydrogen-bond acceptors (Lipinski definition) is 8. The van der Waals surface area contributed by atoms with E-state index in [0.29, 0.717) is 54.6 Å². The molecule has 3 aliphatic heterocycles. The third kappa shape index (κ3) is 4.56. The number of methoxy groups -OCH3 is 1. The highest BCUT2D eigenvalue weighted by Gasteiger charge is 2.46. The Bertz CT molecular complexity index is 1160. The van der Waals surface area contributed by atoms with Crippen LogP contribution in [0.15, 0.2) is 48.0 Å². The quantitative estimate of drug-likeness (QED) is 0.367. The van der Waals surface area contributed by atoms with E-state index >= 15 is 0 Å². The zero-order valence-electron chi connectivity index (χ0n) is 19.6. The number of amides is 1. The van der Waals surface area contributed by atoms with Crippen LogP contribution >= 0.6 is 0 Å². The van der Waals surface area contributed by atoms with Crippen molar-refractivity contribution in [3.63, 3.8) is 0 Å². The maximum Gasteiger partial charge on any atom is 0.295 e. The third-order valence-corrected chi connectivity index (χ3v) is 6.57. The lowest BCUT2D eigenvalue weighted by Crippen LogP contribution is -2.38. The van der Waals surface area contributed by atoms with E-state index in [1.807, 2.05) is 12.1 Å². The summed E-state index contributed by atoms with van der Waals surface area (Å²) in [5.41, 5.74) is 1.12. The fourth-order valence-corrected chi connectivity index (χ4v) is 4.76. The van der Waals surface area contributed by atoms with Gasteiger partial charge in [0.05, 0.1) is 31.9 Å². The predicted molar refractivity (Wildman–Crippen MR) is 126 cm³/mol. The van der Waals surface area contributed by atoms with Crippen LogP contribution in [0.1, 0.15) is 23.6 Å². The molecule has 0 saturated carbocycles. The normalized spacial score (nSPS) is 21.5. The Kier molecular flexibility index (Phi) is 6.61. The number of benzene rings is 2. The Morgan fingerprint density at radius 3 is 2.66 bits per heavy atom. The SMILES string of the molecule is COc1cccc([C@@H]2C(=C(O)c3ccc4c(c3)OCO4)C(=O)C(=O)N2CCCN2CCOCC2)c1. The van der Waals surface area contributed by atoms with E-state index in [1.165, 1.54) is 0 Å². The van der Waals surface area contributed by atoms with Crippen LogP contribution in [0.2, 0.25) is 0 Å². The van der Waals surface area contributed by atoms with Gasteiger partial charge < -0.3 is 29.0 Å². The van der Waals surface area contributed by atoms with E-state index in [-0.39, 0.29) is 18.1 Å². The molecule has 1 N–H and O–H groups in total. The van der Waals surface area contributed by atoms with E-state index in [9.17, 15) is 14.7 Å². The van der Waals surface area contributed by atoms with Crippen molar-refractivity contribution in [2.75, 3.05) is 53.3 Å². The molecule has 0 aliphatic carbocycles. The summed E-state index contributed by atoms with van der Waals surface area (Å²) in [6.07, 6.45) is 0.692. The van der Waals surface area contributed by atoms with Crippen LogP contribution in [0.25, 0.3) is 5.76 Å². The first-order chi connectivity index (χ1) is 17.1. The van der Waals surface area contributed by atoms with Crippen LogP contribution < -0.4 is 14.2 Å². The first-order valence-corrected chi connectivity index (χ1v) is 11.7. The summed E-state index contributed by atoms with van der Waals surface area (Å²) < 4.78 is 21.6. The van der Waals surface area contributed by atoms with Gasteiger partial charge >= 0.3 is 0 Å². The highest BCUT2D eigenvalue weighted by molar-refractivity contribution is 6.46. The number of aliphatic hydroxyl groups excluding tert-OH is 1. The molecule has 0 spiro atoms. The van der Waals surface area contributed by atoms with Gasteiger partial charge in [0.25, 0.3) is 11.7 Å². The van der Waals surface area contributed by atoms with Crippen LogP contribution in [-0.4, -0.2) is 79.9 Å². The van der Waals surface area contributed by atoms with Gasteiger partial charge in [0, 0.05) is 31.7 Å². The van der Waals surface area contributed by atoms with Crippen molar-refractivity contribution in [2.24, 2.45) is 0 Å². The van der Waals surface area contributed by atoms with Crippen molar-refractivity contribution in [1.29, 1.82) is 0 Å². The molecule has 0 aromatic heterocycles. The molecule has 3 aliphatic rings. The smallest absolute Gasteiger partial charge is 0.295 e. The van der Waals surface area contributed by atoms with E-state index in [0.717, 1.165) is 19.6 Å². The summed E-state index contributed by atoms with van der Waals surface area (Å²) in [7, 11) is 1.56. The standard InChI is InChI=1S/C26H28N2O7/c1-32-19-5-2-4-17(14-19)23-22(24(29)18-6-7-20-21(15-18)35-16-34-20)25(30)26(31)28(23)9-3-8-27-10-12-33-13-11-27/h2,4-7,14-15,23,29H,3,8-13,16H2,1H3/t23-/m1/s1. The van der Waals surface area contributed by atoms with Crippen molar-refractivity contribution in [1.82, 2.24) is 9.80 Å². The molecule has 35 heavy (non-hydrogen) atoms. The monoisotopic (exact) mass is 480 g/mol. The van der Waals surface area contributed by atoms with Crippen molar-refractivity contribution in [2.45, 2.75) is 12.5 Å². The van der Waals surface area contributed by atoms with Gasteiger partial charge in [-0.3, -0.25) is 14.5 Å². The number of fused-ring (bicyclic) bond motifs is 1. The highest BCUT2D eigenvalue weighted by Crippen LogP contribution is 2.42. The number of ketones is 1. The van der Waals surface area contributed by atoms with Crippen LogP contribution in [-0.2, 0) is 14.3 Å². The number of ether oxygens (including phenoxy) is 4. The average Bonchev–Trinajstić information content (AvgIpc) is 3.46. The van der Waals surface area contributed by atoms with Crippen LogP contribution in [0.3, 0.4) is 0 Å². The predicted octanol–water partition coefficient (Wildman–Crippen LogP) is 2.57. The molecule has 3 heterocycles. The maximum absolute atomic E-state index is 13.2. The molecular weight excluding hydrogens is 452 g/mol. The van der Waals surface area contributed by atoms with E-state index in [1.54, 1.807) is 42.3 Å². The first-order valence-electron chi connectivity index (χ1n) is 11.7. The molecule has 1 amide bonds. The summed E-state index contributed by atoms with van der Waals surface area (Å²) in [6.45, 7) is 4.36. The van der Waals surface area contributed by atoms with E-state index in [2.05, 4.69) is 4.90 Å². The van der Waals surface area contributed by atoms with Gasteiger partial charge in [0.15, 0.2) is 11.5 Å². The Morgan fingerprint density at radius 1 is 1.06 bits per heavy atom. The highest BCUT2D eigenvalue weighted by atomic mass is 16.7. The summed E-state index contributed by atoms with van der Waals surface area (Å²) in [5, 5.41) is 11.3. The summed E-state index contributed by atoms with van der Waals surface area (Å²) in [6, 6.07) is 11.4. The largest absolute Gasteiger partial charge is 0.507 e. The lowest BCUT2D eigenvalue weighted by Gasteiger charge is -2.29. The zero-order chi connectivity index (χ0) is 24.4. The molecule has 9 heteroatoms. The molecule has 2 aromatic carbocycles. The van der Waals surface area contributed by atoms with Crippen molar-refractivity contribution in [3.05, 3.63) is 59.2 Å². The minimum Gasteiger partial charge on any atom is -0.507 e. The summed E-state index contributed by atoms with van der Waals surface area (Å²) in [5.74, 6) is 0.0669. The maximum atomic E-state index is 13.2. The fraction of sp³-hybridized carbons (Fsp3) is 0.385. The topological polar surface area (TPSA) is 97.8 Å². The summed E-state index contributed by atoms with van der Waals surface area (Å²) >= 11 is 0. The first kappa shape index (κ1) is 23.2. The van der Waals surface area contributed by atoms with Gasteiger partial charge in [0.1, 0.15) is 11.5 Å². The van der Waals surface area contributed by atoms with Gasteiger partial charge in [-0.25, -0.2) is 0 Å². The number of aliphatic hydroxyl groups is 1. The number of hydrogen-bond donors (Lipinski definition) is 1. The number of Topliss-reactive ketones (excluding diaryl/α,β-unsaturated/α-hetero) is 1. The molecule has 2 fully saturated rings. The Morgan fingerprint density at radius 2 is 1.86 bits per heavy atom. The second-order valence-corrected chi connectivity index (χ2v) is 8.64. The van der Waals surface area contributed by atoms with Gasteiger partial charge in [-0.1, -0.05) is 12.1 Å². The van der Waals surface area contributed by atoms with E-state index in [4.69, 9.17) is 18.9 Å². The van der Waals surface area contributed by atoms with Gasteiger partial charge in [-0.05, 0) is 42.3 Å². The van der Waals surface area contributed by atoms with E-state index < -0.39 is 17.7 Å². The molecule has 1 atom stereocenters. The lowest BCUT2D eigenvalue weighted by molar-refractivity contribution is -0.140. The lowest BCUT2D eigenvalue weighted by atomic mass is 9.95. The third-order valence-electron chi connectivity index (χ3n) is 6.57. The molecule has 184 valence electrons. The molecule has 5 rings (SSSR count). The molecule has 0 bridgehead atoms. The minimum absolute atomic E-state index is 0.0495. The number of carbonyl (C=O) groups excluding carboxylic acids is 2. The molecule has 9 nitrogen and oxygen atoms in total. The Balaban J connectivity index is 1.49. The zero-order valence-corrected chi connectivity index (χ0v) is 19.6. The van der Waals surface area contributed by atoms with Gasteiger partial charge in [-0.2, -0.15) is 0 Å². The van der Waals surface area contributed by atoms with Gasteiger partial charge in [-0.15, -0.1) is 0 Å².